The maximum absolute atomic E-state index is 9.44. The number of hydrogen-bond donors (Lipinski definition) is 3. The molecule has 14 heavy (non-hydrogen) atoms. The molecule has 0 aliphatic heterocycles. The van der Waals surface area contributed by atoms with Crippen molar-refractivity contribution >= 4 is 15.9 Å². The number of aryl methyl sites for hydroxylation is 1. The van der Waals surface area contributed by atoms with Gasteiger partial charge in [0.2, 0.25) is 0 Å². The van der Waals surface area contributed by atoms with Crippen molar-refractivity contribution in [1.29, 1.82) is 0 Å². The van der Waals surface area contributed by atoms with Gasteiger partial charge in [-0.05, 0) is 46.5 Å². The lowest BCUT2D eigenvalue weighted by atomic mass is 10.1. The highest BCUT2D eigenvalue weighted by Gasteiger charge is 2.12. The van der Waals surface area contributed by atoms with Crippen LogP contribution < -0.4 is 5.90 Å². The van der Waals surface area contributed by atoms with Crippen LogP contribution in [0.4, 0.5) is 0 Å². The number of hydrogen-bond acceptors (Lipinski definition) is 4. The Hall–Kier alpha value is -0.780. The van der Waals surface area contributed by atoms with Crippen LogP contribution in [0, 0.1) is 6.92 Å². The van der Waals surface area contributed by atoms with Crippen LogP contribution in [-0.2, 0) is 11.3 Å². The Morgan fingerprint density at radius 1 is 1.50 bits per heavy atom. The molecule has 0 heterocycles. The van der Waals surface area contributed by atoms with E-state index in [2.05, 4.69) is 20.8 Å². The average Bonchev–Trinajstić information content (AvgIpc) is 2.14. The first-order valence-electron chi connectivity index (χ1n) is 4.09. The standard InChI is InChI=1S/C9H12BrNO3/c1-5-4-7(12)9(13)8(10)6(5)2-3-14-11/h4,12-13H,2-3,11H2,1H3. The zero-order valence-electron chi connectivity index (χ0n) is 7.75. The van der Waals surface area contributed by atoms with E-state index in [9.17, 15) is 10.2 Å². The van der Waals surface area contributed by atoms with Gasteiger partial charge >= 0.3 is 0 Å². The Bertz CT molecular complexity index is 341. The molecule has 5 heteroatoms. The maximum Gasteiger partial charge on any atom is 0.172 e. The molecule has 1 aromatic rings. The molecule has 0 atom stereocenters. The van der Waals surface area contributed by atoms with E-state index in [1.807, 2.05) is 6.92 Å². The van der Waals surface area contributed by atoms with Gasteiger partial charge in [0.05, 0.1) is 11.1 Å². The molecule has 0 spiro atoms. The summed E-state index contributed by atoms with van der Waals surface area (Å²) in [6, 6.07) is 1.51. The van der Waals surface area contributed by atoms with Gasteiger partial charge in [0.25, 0.3) is 0 Å². The van der Waals surface area contributed by atoms with Gasteiger partial charge in [0.15, 0.2) is 11.5 Å². The van der Waals surface area contributed by atoms with Gasteiger partial charge in [-0.2, -0.15) is 0 Å². The Morgan fingerprint density at radius 3 is 2.71 bits per heavy atom. The first-order chi connectivity index (χ1) is 6.57. The lowest BCUT2D eigenvalue weighted by Crippen LogP contribution is -2.05. The minimum Gasteiger partial charge on any atom is -0.504 e. The van der Waals surface area contributed by atoms with Crippen LogP contribution in [0.15, 0.2) is 10.5 Å². The van der Waals surface area contributed by atoms with Crippen molar-refractivity contribution in [3.05, 3.63) is 21.7 Å². The van der Waals surface area contributed by atoms with Crippen LogP contribution >= 0.6 is 15.9 Å². The molecular weight excluding hydrogens is 250 g/mol. The van der Waals surface area contributed by atoms with Crippen LogP contribution in [0.2, 0.25) is 0 Å². The summed E-state index contributed by atoms with van der Waals surface area (Å²) in [6.07, 6.45) is 0.580. The van der Waals surface area contributed by atoms with Gasteiger partial charge in [-0.1, -0.05) is 0 Å². The van der Waals surface area contributed by atoms with E-state index in [1.165, 1.54) is 6.07 Å². The van der Waals surface area contributed by atoms with Crippen LogP contribution in [-0.4, -0.2) is 16.8 Å². The van der Waals surface area contributed by atoms with E-state index < -0.39 is 0 Å². The predicted molar refractivity (Wildman–Crippen MR) is 56.1 cm³/mol. The topological polar surface area (TPSA) is 75.7 Å². The molecule has 0 aromatic heterocycles. The fourth-order valence-corrected chi connectivity index (χ4v) is 1.97. The fraction of sp³-hybridized carbons (Fsp3) is 0.333. The highest BCUT2D eigenvalue weighted by molar-refractivity contribution is 9.10. The normalized spacial score (nSPS) is 10.5. The van der Waals surface area contributed by atoms with Crippen LogP contribution in [0.5, 0.6) is 11.5 Å². The third kappa shape index (κ3) is 2.17. The molecule has 0 saturated heterocycles. The molecular formula is C9H12BrNO3. The lowest BCUT2D eigenvalue weighted by Gasteiger charge is -2.10. The molecule has 0 unspecified atom stereocenters. The smallest absolute Gasteiger partial charge is 0.172 e. The SMILES string of the molecule is Cc1cc(O)c(O)c(Br)c1CCON. The Morgan fingerprint density at radius 2 is 2.14 bits per heavy atom. The molecule has 0 saturated carbocycles. The summed E-state index contributed by atoms with van der Waals surface area (Å²) in [6.45, 7) is 2.21. The Kier molecular flexibility index (Phi) is 3.74. The lowest BCUT2D eigenvalue weighted by molar-refractivity contribution is 0.141. The van der Waals surface area contributed by atoms with E-state index in [1.54, 1.807) is 0 Å². The van der Waals surface area contributed by atoms with Gasteiger partial charge in [0, 0.05) is 0 Å². The van der Waals surface area contributed by atoms with Crippen LogP contribution in [0.25, 0.3) is 0 Å². The van der Waals surface area contributed by atoms with E-state index in [4.69, 9.17) is 5.90 Å². The number of halogens is 1. The monoisotopic (exact) mass is 261 g/mol. The molecule has 0 fully saturated rings. The zero-order valence-corrected chi connectivity index (χ0v) is 9.34. The van der Waals surface area contributed by atoms with Crippen molar-refractivity contribution in [3.63, 3.8) is 0 Å². The number of benzene rings is 1. The summed E-state index contributed by atoms with van der Waals surface area (Å²) in [5, 5.41) is 18.7. The second kappa shape index (κ2) is 4.63. The molecule has 1 rings (SSSR count). The Balaban J connectivity index is 3.09. The van der Waals surface area contributed by atoms with Crippen LogP contribution in [0.3, 0.4) is 0 Å². The summed E-state index contributed by atoms with van der Waals surface area (Å²) in [4.78, 5) is 4.46. The molecule has 78 valence electrons. The first kappa shape index (κ1) is 11.3. The highest BCUT2D eigenvalue weighted by Crippen LogP contribution is 2.38. The van der Waals surface area contributed by atoms with Gasteiger partial charge in [-0.15, -0.1) is 0 Å². The highest BCUT2D eigenvalue weighted by atomic mass is 79.9. The van der Waals surface area contributed by atoms with E-state index >= 15 is 0 Å². The molecule has 4 N–H and O–H groups in total. The molecule has 4 nitrogen and oxygen atoms in total. The molecule has 0 aliphatic rings. The van der Waals surface area contributed by atoms with Crippen molar-refractivity contribution in [3.8, 4) is 11.5 Å². The van der Waals surface area contributed by atoms with Gasteiger partial charge in [-0.25, -0.2) is 5.90 Å². The minimum atomic E-state index is -0.150. The number of phenolic OH excluding ortho intramolecular Hbond substituents is 2. The number of aromatic hydroxyl groups is 2. The quantitative estimate of drug-likeness (QED) is 0.571. The summed E-state index contributed by atoms with van der Waals surface area (Å²) < 4.78 is 0.493. The molecule has 0 radical (unpaired) electrons. The average molecular weight is 262 g/mol. The van der Waals surface area contributed by atoms with Crippen LogP contribution in [0.1, 0.15) is 11.1 Å². The molecule has 0 bridgehead atoms. The summed E-state index contributed by atoms with van der Waals surface area (Å²) in [5.41, 5.74) is 1.76. The summed E-state index contributed by atoms with van der Waals surface area (Å²) in [5.74, 6) is 4.63. The van der Waals surface area contributed by atoms with Crippen molar-refractivity contribution in [1.82, 2.24) is 0 Å². The van der Waals surface area contributed by atoms with Crippen molar-refractivity contribution in [2.24, 2.45) is 5.90 Å². The van der Waals surface area contributed by atoms with Crippen molar-refractivity contribution < 1.29 is 15.1 Å². The fourth-order valence-electron chi connectivity index (χ4n) is 1.26. The van der Waals surface area contributed by atoms with E-state index in [0.29, 0.717) is 17.5 Å². The molecule has 0 amide bonds. The van der Waals surface area contributed by atoms with E-state index in [0.717, 1.165) is 11.1 Å². The second-order valence-corrected chi connectivity index (χ2v) is 3.77. The van der Waals surface area contributed by atoms with Gasteiger partial charge in [0.1, 0.15) is 0 Å². The largest absolute Gasteiger partial charge is 0.504 e. The predicted octanol–water partition coefficient (Wildman–Crippen LogP) is 1.60. The third-order valence-corrected chi connectivity index (χ3v) is 2.87. The second-order valence-electron chi connectivity index (χ2n) is 2.97. The third-order valence-electron chi connectivity index (χ3n) is 2.01. The van der Waals surface area contributed by atoms with Gasteiger partial charge in [-0.3, -0.25) is 0 Å². The first-order valence-corrected chi connectivity index (χ1v) is 4.88. The number of rotatable bonds is 3. The zero-order chi connectivity index (χ0) is 10.7. The molecule has 1 aromatic carbocycles. The number of phenols is 2. The Labute approximate surface area is 90.4 Å². The van der Waals surface area contributed by atoms with E-state index in [-0.39, 0.29) is 11.5 Å². The van der Waals surface area contributed by atoms with Crippen molar-refractivity contribution in [2.75, 3.05) is 6.61 Å². The van der Waals surface area contributed by atoms with Gasteiger partial charge < -0.3 is 15.1 Å². The summed E-state index contributed by atoms with van der Waals surface area (Å²) in [7, 11) is 0. The number of nitrogens with two attached hydrogens (primary N) is 1. The molecule has 0 aliphatic carbocycles. The minimum absolute atomic E-state index is 0.133. The maximum atomic E-state index is 9.44. The summed E-state index contributed by atoms with van der Waals surface area (Å²) >= 11 is 3.21. The van der Waals surface area contributed by atoms with Crippen molar-refractivity contribution in [2.45, 2.75) is 13.3 Å².